The lowest BCUT2D eigenvalue weighted by Crippen LogP contribution is -2.23. The van der Waals surface area contributed by atoms with Crippen LogP contribution in [0.4, 0.5) is 0 Å². The Kier molecular flexibility index (Phi) is 6.16. The molecule has 0 saturated carbocycles. The lowest BCUT2D eigenvalue weighted by Gasteiger charge is -2.23. The molecule has 0 aromatic heterocycles. The summed E-state index contributed by atoms with van der Waals surface area (Å²) in [7, 11) is 0. The molecule has 1 rings (SSSR count). The monoisotopic (exact) mass is 251 g/mol. The van der Waals surface area contributed by atoms with Gasteiger partial charge in [-0.3, -0.25) is 0 Å². The zero-order valence-corrected chi connectivity index (χ0v) is 11.6. The predicted octanol–water partition coefficient (Wildman–Crippen LogP) is 2.74. The fourth-order valence-electron chi connectivity index (χ4n) is 2.16. The van der Waals surface area contributed by atoms with Gasteiger partial charge in [0.05, 0.1) is 12.7 Å². The summed E-state index contributed by atoms with van der Waals surface area (Å²) in [5.41, 5.74) is 6.66. The van der Waals surface area contributed by atoms with Gasteiger partial charge in [-0.1, -0.05) is 26.0 Å². The van der Waals surface area contributed by atoms with Gasteiger partial charge in [0.15, 0.2) is 0 Å². The Morgan fingerprint density at radius 1 is 1.22 bits per heavy atom. The molecule has 18 heavy (non-hydrogen) atoms. The number of rotatable bonds is 7. The van der Waals surface area contributed by atoms with Gasteiger partial charge in [0.2, 0.25) is 0 Å². The maximum atomic E-state index is 10.3. The van der Waals surface area contributed by atoms with Crippen molar-refractivity contribution in [1.29, 1.82) is 0 Å². The topological polar surface area (TPSA) is 55.5 Å². The van der Waals surface area contributed by atoms with E-state index in [1.807, 2.05) is 31.2 Å². The summed E-state index contributed by atoms with van der Waals surface area (Å²) in [5.74, 6) is 1.49. The molecule has 0 amide bonds. The van der Waals surface area contributed by atoms with E-state index < -0.39 is 6.10 Å². The van der Waals surface area contributed by atoms with E-state index in [9.17, 15) is 5.11 Å². The molecule has 1 aromatic carbocycles. The van der Waals surface area contributed by atoms with Crippen molar-refractivity contribution in [2.45, 2.75) is 33.3 Å². The van der Waals surface area contributed by atoms with Crippen molar-refractivity contribution in [1.82, 2.24) is 0 Å². The van der Waals surface area contributed by atoms with Gasteiger partial charge in [0, 0.05) is 5.92 Å². The summed E-state index contributed by atoms with van der Waals surface area (Å²) < 4.78 is 5.39. The van der Waals surface area contributed by atoms with E-state index in [2.05, 4.69) is 13.8 Å². The van der Waals surface area contributed by atoms with Gasteiger partial charge < -0.3 is 15.6 Å². The second kappa shape index (κ2) is 7.39. The van der Waals surface area contributed by atoms with Crippen LogP contribution in [0.1, 0.15) is 38.9 Å². The molecule has 0 radical (unpaired) electrons. The standard InChI is InChI=1S/C15H25NO2/c1-4-18-14-7-5-12(6-8-14)15(17)13(10-16)9-11(2)3/h5-8,11,13,15,17H,4,9-10,16H2,1-3H3. The van der Waals surface area contributed by atoms with Gasteiger partial charge in [-0.05, 0) is 43.5 Å². The summed E-state index contributed by atoms with van der Waals surface area (Å²) in [6, 6.07) is 7.62. The van der Waals surface area contributed by atoms with Crippen molar-refractivity contribution in [2.75, 3.05) is 13.2 Å². The van der Waals surface area contributed by atoms with Crippen LogP contribution < -0.4 is 10.5 Å². The highest BCUT2D eigenvalue weighted by Crippen LogP contribution is 2.27. The molecule has 2 atom stereocenters. The van der Waals surface area contributed by atoms with Crippen molar-refractivity contribution in [3.05, 3.63) is 29.8 Å². The van der Waals surface area contributed by atoms with Gasteiger partial charge in [-0.15, -0.1) is 0 Å². The third kappa shape index (κ3) is 4.31. The second-order valence-electron chi connectivity index (χ2n) is 5.07. The molecule has 3 N–H and O–H groups in total. The molecule has 0 aliphatic rings. The maximum Gasteiger partial charge on any atom is 0.119 e. The highest BCUT2D eigenvalue weighted by atomic mass is 16.5. The minimum atomic E-state index is -0.493. The van der Waals surface area contributed by atoms with Gasteiger partial charge in [0.1, 0.15) is 5.75 Å². The Balaban J connectivity index is 2.72. The van der Waals surface area contributed by atoms with E-state index in [1.54, 1.807) is 0 Å². The van der Waals surface area contributed by atoms with E-state index in [0.717, 1.165) is 17.7 Å². The van der Waals surface area contributed by atoms with E-state index in [0.29, 0.717) is 19.1 Å². The van der Waals surface area contributed by atoms with E-state index in [4.69, 9.17) is 10.5 Å². The van der Waals surface area contributed by atoms with Crippen molar-refractivity contribution >= 4 is 0 Å². The van der Waals surface area contributed by atoms with Crippen molar-refractivity contribution in [2.24, 2.45) is 17.6 Å². The molecule has 0 heterocycles. The molecular weight excluding hydrogens is 226 g/mol. The maximum absolute atomic E-state index is 10.3. The zero-order valence-electron chi connectivity index (χ0n) is 11.6. The van der Waals surface area contributed by atoms with Crippen molar-refractivity contribution in [3.8, 4) is 5.75 Å². The first kappa shape index (κ1) is 15.0. The summed E-state index contributed by atoms with van der Waals surface area (Å²) in [6.45, 7) is 7.41. The number of aliphatic hydroxyl groups excluding tert-OH is 1. The third-order valence-electron chi connectivity index (χ3n) is 3.06. The lowest BCUT2D eigenvalue weighted by atomic mass is 9.88. The average Bonchev–Trinajstić information content (AvgIpc) is 2.36. The summed E-state index contributed by atoms with van der Waals surface area (Å²) in [6.07, 6.45) is 0.443. The average molecular weight is 251 g/mol. The zero-order chi connectivity index (χ0) is 13.5. The van der Waals surface area contributed by atoms with Crippen LogP contribution in [0.5, 0.6) is 5.75 Å². The molecule has 1 aromatic rings. The number of benzene rings is 1. The fraction of sp³-hybridized carbons (Fsp3) is 0.600. The number of hydrogen-bond acceptors (Lipinski definition) is 3. The minimum Gasteiger partial charge on any atom is -0.494 e. The van der Waals surface area contributed by atoms with Gasteiger partial charge in [0.25, 0.3) is 0 Å². The van der Waals surface area contributed by atoms with Crippen molar-refractivity contribution in [3.63, 3.8) is 0 Å². The molecule has 2 unspecified atom stereocenters. The van der Waals surface area contributed by atoms with Crippen LogP contribution >= 0.6 is 0 Å². The number of nitrogens with two attached hydrogens (primary N) is 1. The van der Waals surface area contributed by atoms with Crippen LogP contribution in [0.2, 0.25) is 0 Å². The highest BCUT2D eigenvalue weighted by molar-refractivity contribution is 5.28. The lowest BCUT2D eigenvalue weighted by molar-refractivity contribution is 0.0994. The molecule has 0 aliphatic carbocycles. The highest BCUT2D eigenvalue weighted by Gasteiger charge is 2.20. The first-order valence-corrected chi connectivity index (χ1v) is 6.69. The number of hydrogen-bond donors (Lipinski definition) is 2. The SMILES string of the molecule is CCOc1ccc(C(O)C(CN)CC(C)C)cc1. The van der Waals surface area contributed by atoms with Crippen LogP contribution in [-0.2, 0) is 0 Å². The number of aliphatic hydroxyl groups is 1. The van der Waals surface area contributed by atoms with Gasteiger partial charge in [-0.25, -0.2) is 0 Å². The first-order chi connectivity index (χ1) is 8.58. The molecule has 0 aliphatic heterocycles. The molecule has 0 fully saturated rings. The van der Waals surface area contributed by atoms with E-state index >= 15 is 0 Å². The van der Waals surface area contributed by atoms with E-state index in [-0.39, 0.29) is 5.92 Å². The minimum absolute atomic E-state index is 0.114. The third-order valence-corrected chi connectivity index (χ3v) is 3.06. The first-order valence-electron chi connectivity index (χ1n) is 6.69. The normalized spacial score (nSPS) is 14.6. The quantitative estimate of drug-likeness (QED) is 0.783. The van der Waals surface area contributed by atoms with Crippen LogP contribution in [-0.4, -0.2) is 18.3 Å². The van der Waals surface area contributed by atoms with Crippen LogP contribution in [0.15, 0.2) is 24.3 Å². The molecule has 3 heteroatoms. The Labute approximate surface area is 110 Å². The Bertz CT molecular complexity index is 335. The van der Waals surface area contributed by atoms with Gasteiger partial charge >= 0.3 is 0 Å². The molecule has 0 spiro atoms. The molecular formula is C15H25NO2. The molecule has 0 bridgehead atoms. The summed E-state index contributed by atoms with van der Waals surface area (Å²) in [4.78, 5) is 0. The second-order valence-corrected chi connectivity index (χ2v) is 5.07. The molecule has 0 saturated heterocycles. The molecule has 3 nitrogen and oxygen atoms in total. The summed E-state index contributed by atoms with van der Waals surface area (Å²) in [5, 5.41) is 10.3. The van der Waals surface area contributed by atoms with Crippen molar-refractivity contribution < 1.29 is 9.84 Å². The van der Waals surface area contributed by atoms with Gasteiger partial charge in [-0.2, -0.15) is 0 Å². The summed E-state index contributed by atoms with van der Waals surface area (Å²) >= 11 is 0. The Morgan fingerprint density at radius 2 is 1.83 bits per heavy atom. The smallest absolute Gasteiger partial charge is 0.119 e. The van der Waals surface area contributed by atoms with Crippen LogP contribution in [0, 0.1) is 11.8 Å². The fourth-order valence-corrected chi connectivity index (χ4v) is 2.16. The Morgan fingerprint density at radius 3 is 2.28 bits per heavy atom. The van der Waals surface area contributed by atoms with E-state index in [1.165, 1.54) is 0 Å². The Hall–Kier alpha value is -1.06. The number of ether oxygens (including phenoxy) is 1. The predicted molar refractivity (Wildman–Crippen MR) is 74.6 cm³/mol. The van der Waals surface area contributed by atoms with Crippen LogP contribution in [0.3, 0.4) is 0 Å². The van der Waals surface area contributed by atoms with Crippen LogP contribution in [0.25, 0.3) is 0 Å². The largest absolute Gasteiger partial charge is 0.494 e. The molecule has 102 valence electrons.